The van der Waals surface area contributed by atoms with Gasteiger partial charge < -0.3 is 10.1 Å². The van der Waals surface area contributed by atoms with E-state index < -0.39 is 6.10 Å². The van der Waals surface area contributed by atoms with Crippen molar-refractivity contribution in [1.82, 2.24) is 0 Å². The third-order valence-corrected chi connectivity index (χ3v) is 4.33. The topological polar surface area (TPSA) is 38.3 Å². The standard InChI is InChI=1S/C16H16BrNO2S/c1-11(20-14-9-5-3-7-12(14)17)16(19)18-13-8-4-6-10-15(13)21-2/h3-11H,1-2H3,(H,18,19). The molecule has 5 heteroatoms. The SMILES string of the molecule is CSc1ccccc1NC(=O)C(C)Oc1ccccc1Br. The van der Waals surface area contributed by atoms with E-state index in [-0.39, 0.29) is 5.91 Å². The maximum atomic E-state index is 12.2. The first-order valence-corrected chi connectivity index (χ1v) is 8.48. The van der Waals surface area contributed by atoms with Crippen LogP contribution in [-0.2, 0) is 4.79 Å². The van der Waals surface area contributed by atoms with Crippen LogP contribution >= 0.6 is 27.7 Å². The maximum Gasteiger partial charge on any atom is 0.265 e. The largest absolute Gasteiger partial charge is 0.480 e. The number of hydrogen-bond acceptors (Lipinski definition) is 3. The zero-order chi connectivity index (χ0) is 15.2. The van der Waals surface area contributed by atoms with Crippen LogP contribution in [0.3, 0.4) is 0 Å². The minimum absolute atomic E-state index is 0.174. The first-order valence-electron chi connectivity index (χ1n) is 6.47. The summed E-state index contributed by atoms with van der Waals surface area (Å²) in [6.07, 6.45) is 1.39. The third-order valence-electron chi connectivity index (χ3n) is 2.87. The molecule has 21 heavy (non-hydrogen) atoms. The van der Waals surface area contributed by atoms with Gasteiger partial charge in [-0.25, -0.2) is 0 Å². The van der Waals surface area contributed by atoms with Crippen molar-refractivity contribution in [3.8, 4) is 5.75 Å². The molecule has 1 amide bonds. The second-order valence-corrected chi connectivity index (χ2v) is 6.08. The van der Waals surface area contributed by atoms with Crippen LogP contribution < -0.4 is 10.1 Å². The summed E-state index contributed by atoms with van der Waals surface area (Å²) in [4.78, 5) is 13.3. The lowest BCUT2D eigenvalue weighted by Crippen LogP contribution is -2.30. The summed E-state index contributed by atoms with van der Waals surface area (Å²) in [5.41, 5.74) is 0.803. The average molecular weight is 366 g/mol. The van der Waals surface area contributed by atoms with Gasteiger partial charge in [-0.2, -0.15) is 0 Å². The number of carbonyl (C=O) groups excluding carboxylic acids is 1. The number of para-hydroxylation sites is 2. The summed E-state index contributed by atoms with van der Waals surface area (Å²) in [6, 6.07) is 15.2. The van der Waals surface area contributed by atoms with Gasteiger partial charge in [-0.05, 0) is 53.4 Å². The smallest absolute Gasteiger partial charge is 0.265 e. The van der Waals surface area contributed by atoms with Gasteiger partial charge in [-0.1, -0.05) is 24.3 Å². The molecule has 0 aliphatic carbocycles. The fourth-order valence-electron chi connectivity index (χ4n) is 1.77. The summed E-state index contributed by atoms with van der Waals surface area (Å²) in [5, 5.41) is 2.90. The molecule has 3 nitrogen and oxygen atoms in total. The highest BCUT2D eigenvalue weighted by Crippen LogP contribution is 2.27. The van der Waals surface area contributed by atoms with Gasteiger partial charge in [0, 0.05) is 4.90 Å². The van der Waals surface area contributed by atoms with Crippen LogP contribution in [-0.4, -0.2) is 18.3 Å². The Morgan fingerprint density at radius 1 is 1.19 bits per heavy atom. The van der Waals surface area contributed by atoms with Crippen LogP contribution in [0.5, 0.6) is 5.75 Å². The molecule has 110 valence electrons. The van der Waals surface area contributed by atoms with E-state index in [1.165, 1.54) is 0 Å². The fraction of sp³-hybridized carbons (Fsp3) is 0.188. The molecule has 2 rings (SSSR count). The highest BCUT2D eigenvalue weighted by atomic mass is 79.9. The second-order valence-electron chi connectivity index (χ2n) is 4.38. The van der Waals surface area contributed by atoms with Gasteiger partial charge >= 0.3 is 0 Å². The van der Waals surface area contributed by atoms with Gasteiger partial charge in [0.1, 0.15) is 5.75 Å². The van der Waals surface area contributed by atoms with Crippen LogP contribution in [0.1, 0.15) is 6.92 Å². The molecular formula is C16H16BrNO2S. The number of carbonyl (C=O) groups is 1. The van der Waals surface area contributed by atoms with Crippen molar-refractivity contribution in [1.29, 1.82) is 0 Å². The Balaban J connectivity index is 2.05. The van der Waals surface area contributed by atoms with E-state index in [1.54, 1.807) is 18.7 Å². The Hall–Kier alpha value is -1.46. The lowest BCUT2D eigenvalue weighted by atomic mass is 10.3. The van der Waals surface area contributed by atoms with Crippen molar-refractivity contribution in [3.63, 3.8) is 0 Å². The van der Waals surface area contributed by atoms with Crippen LogP contribution in [0.2, 0.25) is 0 Å². The molecule has 0 saturated carbocycles. The Morgan fingerprint density at radius 2 is 1.86 bits per heavy atom. The predicted octanol–water partition coefficient (Wildman–Crippen LogP) is 4.58. The molecule has 1 N–H and O–H groups in total. The molecule has 0 spiro atoms. The number of amides is 1. The van der Waals surface area contributed by atoms with Gasteiger partial charge in [-0.15, -0.1) is 11.8 Å². The van der Waals surface area contributed by atoms with Crippen molar-refractivity contribution < 1.29 is 9.53 Å². The Morgan fingerprint density at radius 3 is 2.57 bits per heavy atom. The number of benzene rings is 2. The molecule has 0 saturated heterocycles. The van der Waals surface area contributed by atoms with Crippen LogP contribution in [0.4, 0.5) is 5.69 Å². The molecule has 0 bridgehead atoms. The first-order chi connectivity index (χ1) is 10.1. The quantitative estimate of drug-likeness (QED) is 0.788. The molecule has 0 aliphatic heterocycles. The van der Waals surface area contributed by atoms with E-state index in [4.69, 9.17) is 4.74 Å². The van der Waals surface area contributed by atoms with E-state index in [2.05, 4.69) is 21.2 Å². The molecule has 0 aliphatic rings. The van der Waals surface area contributed by atoms with E-state index >= 15 is 0 Å². The van der Waals surface area contributed by atoms with Crippen molar-refractivity contribution in [2.24, 2.45) is 0 Å². The highest BCUT2D eigenvalue weighted by Gasteiger charge is 2.17. The van der Waals surface area contributed by atoms with Gasteiger partial charge in [0.05, 0.1) is 10.2 Å². The third kappa shape index (κ3) is 4.25. The summed E-state index contributed by atoms with van der Waals surface area (Å²) in [6.45, 7) is 1.73. The monoisotopic (exact) mass is 365 g/mol. The van der Waals surface area contributed by atoms with E-state index in [1.807, 2.05) is 54.8 Å². The van der Waals surface area contributed by atoms with Gasteiger partial charge in [-0.3, -0.25) is 4.79 Å². The van der Waals surface area contributed by atoms with Crippen molar-refractivity contribution in [3.05, 3.63) is 53.0 Å². The molecule has 0 aromatic heterocycles. The Bertz CT molecular complexity index is 633. The number of thioether (sulfide) groups is 1. The minimum Gasteiger partial charge on any atom is -0.480 e. The molecular weight excluding hydrogens is 350 g/mol. The van der Waals surface area contributed by atoms with E-state index in [0.29, 0.717) is 5.75 Å². The maximum absolute atomic E-state index is 12.2. The van der Waals surface area contributed by atoms with Crippen molar-refractivity contribution >= 4 is 39.3 Å². The Kier molecular flexibility index (Phi) is 5.70. The first kappa shape index (κ1) is 15.9. The highest BCUT2D eigenvalue weighted by molar-refractivity contribution is 9.10. The number of ether oxygens (including phenoxy) is 1. The summed E-state index contributed by atoms with van der Waals surface area (Å²) in [7, 11) is 0. The van der Waals surface area contributed by atoms with Crippen molar-refractivity contribution in [2.75, 3.05) is 11.6 Å². The summed E-state index contributed by atoms with van der Waals surface area (Å²) in [5.74, 6) is 0.477. The van der Waals surface area contributed by atoms with Crippen LogP contribution in [0, 0.1) is 0 Å². The molecule has 2 aromatic rings. The van der Waals surface area contributed by atoms with Crippen LogP contribution in [0.15, 0.2) is 57.9 Å². The lowest BCUT2D eigenvalue weighted by molar-refractivity contribution is -0.122. The van der Waals surface area contributed by atoms with Gasteiger partial charge in [0.15, 0.2) is 6.10 Å². The van der Waals surface area contributed by atoms with E-state index in [9.17, 15) is 4.79 Å². The molecule has 0 radical (unpaired) electrons. The summed E-state index contributed by atoms with van der Waals surface area (Å²) < 4.78 is 6.51. The Labute approximate surface area is 137 Å². The number of rotatable bonds is 5. The second kappa shape index (κ2) is 7.52. The minimum atomic E-state index is -0.585. The normalized spacial score (nSPS) is 11.8. The zero-order valence-electron chi connectivity index (χ0n) is 11.8. The molecule has 0 fully saturated rings. The number of anilines is 1. The van der Waals surface area contributed by atoms with E-state index in [0.717, 1.165) is 15.1 Å². The lowest BCUT2D eigenvalue weighted by Gasteiger charge is -2.16. The summed E-state index contributed by atoms with van der Waals surface area (Å²) >= 11 is 5.00. The predicted molar refractivity (Wildman–Crippen MR) is 91.1 cm³/mol. The number of hydrogen-bond donors (Lipinski definition) is 1. The molecule has 1 unspecified atom stereocenters. The molecule has 1 atom stereocenters. The average Bonchev–Trinajstić information content (AvgIpc) is 2.50. The fourth-order valence-corrected chi connectivity index (χ4v) is 2.70. The number of nitrogens with one attached hydrogen (secondary N) is 1. The molecule has 2 aromatic carbocycles. The van der Waals surface area contributed by atoms with Gasteiger partial charge in [0.25, 0.3) is 5.91 Å². The molecule has 0 heterocycles. The zero-order valence-corrected chi connectivity index (χ0v) is 14.2. The van der Waals surface area contributed by atoms with Gasteiger partial charge in [0.2, 0.25) is 0 Å². The number of halogens is 1. The van der Waals surface area contributed by atoms with Crippen molar-refractivity contribution in [2.45, 2.75) is 17.9 Å². The van der Waals surface area contributed by atoms with Crippen LogP contribution in [0.25, 0.3) is 0 Å².